The average Bonchev–Trinajstić information content (AvgIpc) is 2.44. The Hall–Kier alpha value is -1.92. The van der Waals surface area contributed by atoms with Crippen LogP contribution in [0.4, 0.5) is 0 Å². The summed E-state index contributed by atoms with van der Waals surface area (Å²) in [6, 6.07) is 8.88. The summed E-state index contributed by atoms with van der Waals surface area (Å²) in [7, 11) is -4.47. The minimum Gasteiger partial charge on any atom is -0.744 e. The molecule has 0 spiro atoms. The molecule has 0 aliphatic rings. The molecule has 0 heterocycles. The highest BCUT2D eigenvalue weighted by Crippen LogP contribution is 2.24. The van der Waals surface area contributed by atoms with Crippen molar-refractivity contribution >= 4 is 26.9 Å². The van der Waals surface area contributed by atoms with Crippen molar-refractivity contribution < 1.29 is 22.5 Å². The lowest BCUT2D eigenvalue weighted by Crippen LogP contribution is -2.16. The monoisotopic (exact) mass is 307 g/mol. The molecule has 5 nitrogen and oxygen atoms in total. The van der Waals surface area contributed by atoms with E-state index in [4.69, 9.17) is 4.74 Å². The zero-order valence-corrected chi connectivity index (χ0v) is 12.5. The van der Waals surface area contributed by atoms with Gasteiger partial charge in [0.15, 0.2) is 0 Å². The minimum atomic E-state index is -4.47. The summed E-state index contributed by atoms with van der Waals surface area (Å²) < 4.78 is 38.2. The number of fused-ring (bicyclic) bond motifs is 1. The molecule has 0 N–H and O–H groups in total. The molecular formula is C15H15O5S-. The molecule has 0 fully saturated rings. The van der Waals surface area contributed by atoms with Crippen LogP contribution in [0.2, 0.25) is 0 Å². The molecule has 0 radical (unpaired) electrons. The molecule has 0 aromatic heterocycles. The lowest BCUT2D eigenvalue weighted by Gasteiger charge is -2.11. The lowest BCUT2D eigenvalue weighted by molar-refractivity contribution is -0.138. The molecule has 21 heavy (non-hydrogen) atoms. The van der Waals surface area contributed by atoms with Crippen LogP contribution < -0.4 is 4.74 Å². The largest absolute Gasteiger partial charge is 0.744 e. The molecule has 0 saturated carbocycles. The van der Waals surface area contributed by atoms with Gasteiger partial charge in [0.25, 0.3) is 0 Å². The van der Waals surface area contributed by atoms with Crippen LogP contribution in [-0.2, 0) is 14.9 Å². The molecule has 0 saturated heterocycles. The number of benzene rings is 2. The van der Waals surface area contributed by atoms with Gasteiger partial charge in [-0.3, -0.25) is 4.79 Å². The van der Waals surface area contributed by atoms with Crippen LogP contribution in [0.25, 0.3) is 10.8 Å². The van der Waals surface area contributed by atoms with Crippen molar-refractivity contribution in [3.8, 4) is 5.75 Å². The summed E-state index contributed by atoms with van der Waals surface area (Å²) in [5.41, 5.74) is 0. The van der Waals surface area contributed by atoms with Gasteiger partial charge in [-0.15, -0.1) is 0 Å². The predicted octanol–water partition coefficient (Wildman–Crippen LogP) is 2.70. The highest BCUT2D eigenvalue weighted by Gasteiger charge is 2.13. The van der Waals surface area contributed by atoms with Crippen LogP contribution in [-0.4, -0.2) is 18.9 Å². The van der Waals surface area contributed by atoms with Crippen LogP contribution in [0.3, 0.4) is 0 Å². The van der Waals surface area contributed by atoms with Crippen LogP contribution in [0.1, 0.15) is 20.3 Å². The summed E-state index contributed by atoms with van der Waals surface area (Å²) in [5.74, 6) is -0.102. The third-order valence-electron chi connectivity index (χ3n) is 3.31. The van der Waals surface area contributed by atoms with Gasteiger partial charge in [0, 0.05) is 0 Å². The highest BCUT2D eigenvalue weighted by atomic mass is 32.2. The molecule has 0 amide bonds. The Labute approximate surface area is 123 Å². The van der Waals surface area contributed by atoms with E-state index in [0.717, 1.165) is 0 Å². The van der Waals surface area contributed by atoms with E-state index in [9.17, 15) is 17.8 Å². The Bertz CT molecular complexity index is 780. The highest BCUT2D eigenvalue weighted by molar-refractivity contribution is 7.85. The fraction of sp³-hybridized carbons (Fsp3) is 0.267. The van der Waals surface area contributed by atoms with Gasteiger partial charge in [0.1, 0.15) is 15.9 Å². The van der Waals surface area contributed by atoms with Gasteiger partial charge in [-0.05, 0) is 41.5 Å². The van der Waals surface area contributed by atoms with Crippen LogP contribution in [0.5, 0.6) is 5.75 Å². The Balaban J connectivity index is 2.33. The van der Waals surface area contributed by atoms with Gasteiger partial charge >= 0.3 is 5.97 Å². The minimum absolute atomic E-state index is 0.186. The first-order valence-corrected chi connectivity index (χ1v) is 7.93. The van der Waals surface area contributed by atoms with Crippen molar-refractivity contribution in [3.63, 3.8) is 0 Å². The van der Waals surface area contributed by atoms with E-state index in [1.807, 2.05) is 6.92 Å². The third kappa shape index (κ3) is 3.59. The zero-order chi connectivity index (χ0) is 15.6. The third-order valence-corrected chi connectivity index (χ3v) is 4.14. The molecular weight excluding hydrogens is 292 g/mol. The smallest absolute Gasteiger partial charge is 0.314 e. The van der Waals surface area contributed by atoms with E-state index in [-0.39, 0.29) is 16.8 Å². The maximum Gasteiger partial charge on any atom is 0.314 e. The van der Waals surface area contributed by atoms with E-state index in [1.165, 1.54) is 18.2 Å². The van der Waals surface area contributed by atoms with E-state index in [2.05, 4.69) is 0 Å². The molecule has 2 aromatic rings. The summed E-state index contributed by atoms with van der Waals surface area (Å²) in [4.78, 5) is 11.4. The number of carbonyl (C=O) groups excluding carboxylic acids is 1. The number of hydrogen-bond acceptors (Lipinski definition) is 5. The van der Waals surface area contributed by atoms with Crippen molar-refractivity contribution in [1.29, 1.82) is 0 Å². The molecule has 0 aliphatic carbocycles. The number of rotatable bonds is 4. The first kappa shape index (κ1) is 15.5. The van der Waals surface area contributed by atoms with Gasteiger partial charge in [-0.2, -0.15) is 0 Å². The second-order valence-corrected chi connectivity index (χ2v) is 6.23. The summed E-state index contributed by atoms with van der Waals surface area (Å²) in [6.07, 6.45) is 0.692. The molecule has 112 valence electrons. The first-order valence-electron chi connectivity index (χ1n) is 6.52. The Kier molecular flexibility index (Phi) is 4.29. The van der Waals surface area contributed by atoms with E-state index >= 15 is 0 Å². The van der Waals surface area contributed by atoms with Gasteiger partial charge in [0.2, 0.25) is 0 Å². The fourth-order valence-electron chi connectivity index (χ4n) is 1.80. The van der Waals surface area contributed by atoms with Crippen LogP contribution in [0.15, 0.2) is 41.3 Å². The molecule has 0 bridgehead atoms. The van der Waals surface area contributed by atoms with E-state index in [1.54, 1.807) is 25.1 Å². The quantitative estimate of drug-likeness (QED) is 0.492. The summed E-state index contributed by atoms with van der Waals surface area (Å²) >= 11 is 0. The van der Waals surface area contributed by atoms with Crippen molar-refractivity contribution in [3.05, 3.63) is 36.4 Å². The van der Waals surface area contributed by atoms with Crippen molar-refractivity contribution in [2.75, 3.05) is 0 Å². The number of ether oxygens (including phenoxy) is 1. The Morgan fingerprint density at radius 2 is 1.81 bits per heavy atom. The molecule has 6 heteroatoms. The molecule has 1 atom stereocenters. The predicted molar refractivity (Wildman–Crippen MR) is 77.0 cm³/mol. The zero-order valence-electron chi connectivity index (χ0n) is 11.7. The maximum absolute atomic E-state index is 11.7. The standard InChI is InChI=1S/C15H16O5S/c1-3-10(2)15(16)20-13-6-4-12-9-14(21(17,18)19)7-5-11(12)8-13/h4-10H,3H2,1-2H3,(H,17,18,19)/p-1. The molecule has 1 unspecified atom stereocenters. The molecule has 0 aliphatic heterocycles. The van der Waals surface area contributed by atoms with Gasteiger partial charge in [-0.25, -0.2) is 8.42 Å². The van der Waals surface area contributed by atoms with Crippen molar-refractivity contribution in [2.24, 2.45) is 5.92 Å². The second-order valence-electron chi connectivity index (χ2n) is 4.86. The van der Waals surface area contributed by atoms with Crippen molar-refractivity contribution in [1.82, 2.24) is 0 Å². The molecule has 2 aromatic carbocycles. The summed E-state index contributed by atoms with van der Waals surface area (Å²) in [5, 5.41) is 1.28. The second kappa shape index (κ2) is 5.83. The Morgan fingerprint density at radius 1 is 1.19 bits per heavy atom. The molecule has 2 rings (SSSR count). The van der Waals surface area contributed by atoms with Crippen LogP contribution in [0, 0.1) is 5.92 Å². The van der Waals surface area contributed by atoms with E-state index in [0.29, 0.717) is 22.9 Å². The normalized spacial score (nSPS) is 13.1. The lowest BCUT2D eigenvalue weighted by atomic mass is 10.1. The van der Waals surface area contributed by atoms with Crippen molar-refractivity contribution in [2.45, 2.75) is 25.2 Å². The summed E-state index contributed by atoms with van der Waals surface area (Å²) in [6.45, 7) is 3.69. The SMILES string of the molecule is CCC(C)C(=O)Oc1ccc2cc(S(=O)(=O)[O-])ccc2c1. The fourth-order valence-corrected chi connectivity index (χ4v) is 2.31. The van der Waals surface area contributed by atoms with Crippen LogP contribution >= 0.6 is 0 Å². The van der Waals surface area contributed by atoms with E-state index < -0.39 is 10.1 Å². The topological polar surface area (TPSA) is 83.5 Å². The first-order chi connectivity index (χ1) is 9.81. The van der Waals surface area contributed by atoms with Gasteiger partial charge < -0.3 is 9.29 Å². The van der Waals surface area contributed by atoms with Gasteiger partial charge in [-0.1, -0.05) is 26.0 Å². The number of esters is 1. The average molecular weight is 307 g/mol. The number of carbonyl (C=O) groups is 1. The van der Waals surface area contributed by atoms with Gasteiger partial charge in [0.05, 0.1) is 10.8 Å². The Morgan fingerprint density at radius 3 is 2.43 bits per heavy atom. The number of hydrogen-bond donors (Lipinski definition) is 0. The maximum atomic E-state index is 11.7.